The van der Waals surface area contributed by atoms with Crippen LogP contribution in [0.15, 0.2) is 22.8 Å². The maximum absolute atomic E-state index is 11.8. The van der Waals surface area contributed by atoms with Gasteiger partial charge in [0, 0.05) is 0 Å². The van der Waals surface area contributed by atoms with E-state index in [0.29, 0.717) is 13.2 Å². The van der Waals surface area contributed by atoms with Crippen molar-refractivity contribution in [1.82, 2.24) is 15.0 Å². The van der Waals surface area contributed by atoms with Crippen LogP contribution in [0, 0.1) is 0 Å². The van der Waals surface area contributed by atoms with Crippen LogP contribution in [0.3, 0.4) is 0 Å². The van der Waals surface area contributed by atoms with Crippen molar-refractivity contribution in [2.45, 2.75) is 33.2 Å². The number of aromatic nitrogens is 3. The Balaban J connectivity index is 2.31. The van der Waals surface area contributed by atoms with Crippen LogP contribution in [-0.2, 0) is 11.3 Å². The number of furan rings is 1. The molecular formula is C13H17N3O3. The van der Waals surface area contributed by atoms with Gasteiger partial charge in [-0.2, -0.15) is 0 Å². The molecule has 0 aromatic carbocycles. The van der Waals surface area contributed by atoms with E-state index in [1.54, 1.807) is 17.9 Å². The van der Waals surface area contributed by atoms with E-state index < -0.39 is 5.97 Å². The summed E-state index contributed by atoms with van der Waals surface area (Å²) >= 11 is 0. The molecule has 0 aliphatic rings. The molecule has 0 aliphatic heterocycles. The summed E-state index contributed by atoms with van der Waals surface area (Å²) in [7, 11) is 0. The fraction of sp³-hybridized carbons (Fsp3) is 0.462. The van der Waals surface area contributed by atoms with Crippen LogP contribution < -0.4 is 0 Å². The largest absolute Gasteiger partial charge is 0.467 e. The third-order valence-electron chi connectivity index (χ3n) is 2.67. The molecular weight excluding hydrogens is 246 g/mol. The van der Waals surface area contributed by atoms with Gasteiger partial charge in [-0.1, -0.05) is 19.1 Å². The molecule has 19 heavy (non-hydrogen) atoms. The number of carbonyl (C=O) groups excluding carboxylic acids is 1. The Labute approximate surface area is 111 Å². The summed E-state index contributed by atoms with van der Waals surface area (Å²) in [6.07, 6.45) is 1.60. The van der Waals surface area contributed by atoms with Gasteiger partial charge in [-0.15, -0.1) is 5.10 Å². The van der Waals surface area contributed by atoms with Gasteiger partial charge >= 0.3 is 5.97 Å². The van der Waals surface area contributed by atoms with Gasteiger partial charge < -0.3 is 9.15 Å². The van der Waals surface area contributed by atoms with Gasteiger partial charge in [-0.05, 0) is 25.0 Å². The van der Waals surface area contributed by atoms with Crippen LogP contribution in [0.5, 0.6) is 0 Å². The number of esters is 1. The maximum Gasteiger partial charge on any atom is 0.360 e. The number of hydrogen-bond donors (Lipinski definition) is 0. The summed E-state index contributed by atoms with van der Waals surface area (Å²) in [5.41, 5.74) is 1.04. The molecule has 0 bridgehead atoms. The summed E-state index contributed by atoms with van der Waals surface area (Å²) in [4.78, 5) is 11.8. The van der Waals surface area contributed by atoms with E-state index in [0.717, 1.165) is 11.5 Å². The first-order chi connectivity index (χ1) is 9.13. The molecule has 0 N–H and O–H groups in total. The van der Waals surface area contributed by atoms with Gasteiger partial charge in [-0.3, -0.25) is 0 Å². The molecule has 0 radical (unpaired) electrons. The first-order valence-corrected chi connectivity index (χ1v) is 6.26. The Morgan fingerprint density at radius 1 is 1.53 bits per heavy atom. The minimum Gasteiger partial charge on any atom is -0.467 e. The van der Waals surface area contributed by atoms with Gasteiger partial charge in [0.2, 0.25) is 0 Å². The zero-order chi connectivity index (χ0) is 13.8. The molecule has 0 saturated heterocycles. The first kappa shape index (κ1) is 13.3. The van der Waals surface area contributed by atoms with Crippen molar-refractivity contribution < 1.29 is 13.9 Å². The molecule has 2 rings (SSSR count). The van der Waals surface area contributed by atoms with Crippen LogP contribution in [0.2, 0.25) is 0 Å². The lowest BCUT2D eigenvalue weighted by atomic mass is 10.1. The lowest BCUT2D eigenvalue weighted by Gasteiger charge is -2.09. The summed E-state index contributed by atoms with van der Waals surface area (Å²) in [6, 6.07) is 3.67. The third kappa shape index (κ3) is 2.83. The zero-order valence-electron chi connectivity index (χ0n) is 11.3. The quantitative estimate of drug-likeness (QED) is 0.773. The van der Waals surface area contributed by atoms with Gasteiger partial charge in [0.05, 0.1) is 18.6 Å². The van der Waals surface area contributed by atoms with E-state index in [-0.39, 0.29) is 11.6 Å². The fourth-order valence-corrected chi connectivity index (χ4v) is 1.90. The number of hydrogen-bond acceptors (Lipinski definition) is 5. The lowest BCUT2D eigenvalue weighted by molar-refractivity contribution is 0.0517. The zero-order valence-corrected chi connectivity index (χ0v) is 11.3. The standard InChI is InChI=1S/C13H17N3O3/c1-4-18-13(17)11-12(9(2)3)16(15-14-11)8-10-6-5-7-19-10/h5-7,9H,4,8H2,1-3H3. The highest BCUT2D eigenvalue weighted by molar-refractivity contribution is 5.88. The lowest BCUT2D eigenvalue weighted by Crippen LogP contribution is -2.12. The number of rotatable bonds is 5. The number of carbonyl (C=O) groups is 1. The molecule has 0 fully saturated rings. The topological polar surface area (TPSA) is 70.2 Å². The molecule has 0 saturated carbocycles. The SMILES string of the molecule is CCOC(=O)c1nnn(Cc2ccco2)c1C(C)C. The normalized spacial score (nSPS) is 10.9. The number of nitrogens with zero attached hydrogens (tertiary/aromatic N) is 3. The monoisotopic (exact) mass is 263 g/mol. The van der Waals surface area contributed by atoms with Gasteiger partial charge in [0.15, 0.2) is 5.69 Å². The first-order valence-electron chi connectivity index (χ1n) is 6.26. The van der Waals surface area contributed by atoms with Crippen molar-refractivity contribution in [1.29, 1.82) is 0 Å². The number of ether oxygens (including phenoxy) is 1. The van der Waals surface area contributed by atoms with E-state index in [4.69, 9.17) is 9.15 Å². The van der Waals surface area contributed by atoms with Crippen molar-refractivity contribution in [2.75, 3.05) is 6.61 Å². The molecule has 0 spiro atoms. The van der Waals surface area contributed by atoms with Crippen molar-refractivity contribution in [3.8, 4) is 0 Å². The summed E-state index contributed by atoms with van der Waals surface area (Å²) in [5.74, 6) is 0.448. The van der Waals surface area contributed by atoms with Crippen molar-refractivity contribution >= 4 is 5.97 Å². The summed E-state index contributed by atoms with van der Waals surface area (Å²) in [6.45, 7) is 6.51. The highest BCUT2D eigenvalue weighted by Crippen LogP contribution is 2.19. The van der Waals surface area contributed by atoms with Crippen LogP contribution in [0.4, 0.5) is 0 Å². The Bertz CT molecular complexity index is 543. The molecule has 2 aromatic rings. The van der Waals surface area contributed by atoms with E-state index in [1.165, 1.54) is 0 Å². The predicted octanol–water partition coefficient (Wildman–Crippen LogP) is 2.22. The molecule has 0 unspecified atom stereocenters. The predicted molar refractivity (Wildman–Crippen MR) is 67.9 cm³/mol. The molecule has 2 heterocycles. The summed E-state index contributed by atoms with van der Waals surface area (Å²) in [5, 5.41) is 7.95. The fourth-order valence-electron chi connectivity index (χ4n) is 1.90. The minimum absolute atomic E-state index is 0.115. The molecule has 102 valence electrons. The maximum atomic E-state index is 11.8. The molecule has 6 heteroatoms. The molecule has 0 amide bonds. The second-order valence-corrected chi connectivity index (χ2v) is 4.44. The van der Waals surface area contributed by atoms with Gasteiger partial charge in [0.25, 0.3) is 0 Å². The highest BCUT2D eigenvalue weighted by atomic mass is 16.5. The van der Waals surface area contributed by atoms with Gasteiger partial charge in [0.1, 0.15) is 12.3 Å². The minimum atomic E-state index is -0.433. The Morgan fingerprint density at radius 2 is 2.32 bits per heavy atom. The van der Waals surface area contributed by atoms with Crippen molar-refractivity contribution in [3.05, 3.63) is 35.5 Å². The molecule has 0 atom stereocenters. The van der Waals surface area contributed by atoms with Crippen LogP contribution in [0.25, 0.3) is 0 Å². The Kier molecular flexibility index (Phi) is 3.99. The van der Waals surface area contributed by atoms with Crippen LogP contribution in [0.1, 0.15) is 48.6 Å². The molecule has 0 aliphatic carbocycles. The van der Waals surface area contributed by atoms with Gasteiger partial charge in [-0.25, -0.2) is 9.48 Å². The second-order valence-electron chi connectivity index (χ2n) is 4.44. The molecule has 6 nitrogen and oxygen atoms in total. The summed E-state index contributed by atoms with van der Waals surface area (Å²) < 4.78 is 12.0. The van der Waals surface area contributed by atoms with Crippen molar-refractivity contribution in [3.63, 3.8) is 0 Å². The van der Waals surface area contributed by atoms with Crippen molar-refractivity contribution in [2.24, 2.45) is 0 Å². The van der Waals surface area contributed by atoms with E-state index >= 15 is 0 Å². The van der Waals surface area contributed by atoms with Crippen LogP contribution in [-0.4, -0.2) is 27.6 Å². The Hall–Kier alpha value is -2.11. The van der Waals surface area contributed by atoms with E-state index in [1.807, 2.05) is 26.0 Å². The second kappa shape index (κ2) is 5.69. The average molecular weight is 263 g/mol. The molecule has 2 aromatic heterocycles. The average Bonchev–Trinajstić information content (AvgIpc) is 2.99. The third-order valence-corrected chi connectivity index (χ3v) is 2.67. The van der Waals surface area contributed by atoms with Crippen LogP contribution >= 0.6 is 0 Å². The Morgan fingerprint density at radius 3 is 2.89 bits per heavy atom. The van der Waals surface area contributed by atoms with E-state index in [2.05, 4.69) is 10.3 Å². The smallest absolute Gasteiger partial charge is 0.360 e. The highest BCUT2D eigenvalue weighted by Gasteiger charge is 2.23. The van der Waals surface area contributed by atoms with E-state index in [9.17, 15) is 4.79 Å².